The molecule has 4 heterocycles. The van der Waals surface area contributed by atoms with Gasteiger partial charge in [0, 0.05) is 13.1 Å². The third-order valence-electron chi connectivity index (χ3n) is 5.87. The minimum Gasteiger partial charge on any atom is -0.505 e. The Morgan fingerprint density at radius 2 is 1.77 bits per heavy atom. The number of aliphatic hydroxyl groups excluding tert-OH is 1. The van der Waals surface area contributed by atoms with Gasteiger partial charge in [-0.25, -0.2) is 14.4 Å². The van der Waals surface area contributed by atoms with Gasteiger partial charge in [-0.05, 0) is 43.7 Å². The van der Waals surface area contributed by atoms with Gasteiger partial charge in [-0.2, -0.15) is 0 Å². The average Bonchev–Trinajstić information content (AvgIpc) is 3.45. The number of hydrogen-bond acceptors (Lipinski definition) is 7. The second kappa shape index (κ2) is 8.24. The Kier molecular flexibility index (Phi) is 5.32. The first-order chi connectivity index (χ1) is 16.7. The molecule has 0 spiro atoms. The first-order valence-corrected chi connectivity index (χ1v) is 11.5. The molecule has 176 valence electrons. The molecule has 3 aromatic heterocycles. The maximum absolute atomic E-state index is 13.7. The van der Waals surface area contributed by atoms with Crippen LogP contribution in [0, 0.1) is 19.7 Å². The number of aryl methyl sites for hydroxylation is 2. The first-order valence-electron chi connectivity index (χ1n) is 10.7. The zero-order chi connectivity index (χ0) is 25.0. The molecule has 0 aliphatic carbocycles. The molecule has 1 unspecified atom stereocenters. The summed E-state index contributed by atoms with van der Waals surface area (Å²) in [5, 5.41) is 11.6. The van der Waals surface area contributed by atoms with Crippen LogP contribution in [-0.4, -0.2) is 36.9 Å². The molecule has 35 heavy (non-hydrogen) atoms. The molecule has 10 heteroatoms. The number of aliphatic hydroxyl groups is 1. The number of carbonyl (C=O) groups excluding carboxylic acids is 3. The van der Waals surface area contributed by atoms with E-state index in [0.717, 1.165) is 16.2 Å². The molecule has 1 aliphatic rings. The second-order valence-corrected chi connectivity index (χ2v) is 9.14. The van der Waals surface area contributed by atoms with Gasteiger partial charge in [-0.1, -0.05) is 29.5 Å². The number of Topliss-reactive ketones (excluding diaryl/α,β-unsaturated/α-hetero) is 2. The number of halogens is 1. The SMILES string of the molecule is CC(=O)c1sc(N2C(=O)C(=O)C(=C(O)c3c(C)nc4ccccn34)C2c2ccc(F)cc2)nc1C. The van der Waals surface area contributed by atoms with Crippen molar-refractivity contribution in [1.29, 1.82) is 0 Å². The Hall–Kier alpha value is -4.18. The number of nitrogens with zero attached hydrogens (tertiary/aromatic N) is 4. The Bertz CT molecular complexity index is 1570. The van der Waals surface area contributed by atoms with E-state index >= 15 is 0 Å². The van der Waals surface area contributed by atoms with Gasteiger partial charge in [0.2, 0.25) is 0 Å². The fourth-order valence-corrected chi connectivity index (χ4v) is 5.32. The van der Waals surface area contributed by atoms with Crippen molar-refractivity contribution in [2.45, 2.75) is 26.8 Å². The number of benzene rings is 1. The van der Waals surface area contributed by atoms with Crippen LogP contribution in [0.3, 0.4) is 0 Å². The first kappa shape index (κ1) is 22.6. The summed E-state index contributed by atoms with van der Waals surface area (Å²) in [4.78, 5) is 49.0. The van der Waals surface area contributed by atoms with Gasteiger partial charge >= 0.3 is 5.91 Å². The van der Waals surface area contributed by atoms with Crippen LogP contribution in [0.1, 0.15) is 45.3 Å². The maximum Gasteiger partial charge on any atom is 0.301 e. The quantitative estimate of drug-likeness (QED) is 0.197. The molecular formula is C25H19FN4O4S. The number of fused-ring (bicyclic) bond motifs is 1. The summed E-state index contributed by atoms with van der Waals surface area (Å²) >= 11 is 0.986. The van der Waals surface area contributed by atoms with Crippen LogP contribution in [0.4, 0.5) is 9.52 Å². The van der Waals surface area contributed by atoms with Gasteiger partial charge in [0.1, 0.15) is 17.2 Å². The van der Waals surface area contributed by atoms with E-state index in [0.29, 0.717) is 27.5 Å². The minimum atomic E-state index is -1.09. The lowest BCUT2D eigenvalue weighted by Gasteiger charge is -2.23. The molecule has 1 aliphatic heterocycles. The van der Waals surface area contributed by atoms with Crippen LogP contribution in [0.2, 0.25) is 0 Å². The highest BCUT2D eigenvalue weighted by molar-refractivity contribution is 7.18. The summed E-state index contributed by atoms with van der Waals surface area (Å²) in [6, 6.07) is 9.52. The average molecular weight is 491 g/mol. The van der Waals surface area contributed by atoms with Crippen LogP contribution in [0.5, 0.6) is 0 Å². The number of pyridine rings is 1. The van der Waals surface area contributed by atoms with Crippen molar-refractivity contribution < 1.29 is 23.9 Å². The van der Waals surface area contributed by atoms with Crippen molar-refractivity contribution in [3.8, 4) is 0 Å². The van der Waals surface area contributed by atoms with Crippen molar-refractivity contribution in [3.63, 3.8) is 0 Å². The van der Waals surface area contributed by atoms with E-state index in [1.54, 1.807) is 42.6 Å². The van der Waals surface area contributed by atoms with Gasteiger partial charge in [0.05, 0.1) is 27.9 Å². The highest BCUT2D eigenvalue weighted by Gasteiger charge is 2.48. The molecule has 5 rings (SSSR count). The zero-order valence-corrected chi connectivity index (χ0v) is 19.8. The molecule has 1 N–H and O–H groups in total. The molecule has 1 saturated heterocycles. The topological polar surface area (TPSA) is 105 Å². The highest BCUT2D eigenvalue weighted by atomic mass is 32.1. The largest absolute Gasteiger partial charge is 0.505 e. The van der Waals surface area contributed by atoms with E-state index in [4.69, 9.17) is 0 Å². The van der Waals surface area contributed by atoms with Gasteiger partial charge in [0.15, 0.2) is 16.7 Å². The number of rotatable bonds is 4. The van der Waals surface area contributed by atoms with Crippen LogP contribution in [0.15, 0.2) is 54.2 Å². The van der Waals surface area contributed by atoms with Crippen molar-refractivity contribution in [3.05, 3.63) is 87.6 Å². The lowest BCUT2D eigenvalue weighted by atomic mass is 9.96. The van der Waals surface area contributed by atoms with Gasteiger partial charge in [-0.15, -0.1) is 0 Å². The zero-order valence-electron chi connectivity index (χ0n) is 18.9. The van der Waals surface area contributed by atoms with E-state index in [9.17, 15) is 23.9 Å². The number of hydrogen-bond donors (Lipinski definition) is 1. The van der Waals surface area contributed by atoms with Crippen molar-refractivity contribution in [2.75, 3.05) is 4.90 Å². The predicted molar refractivity (Wildman–Crippen MR) is 128 cm³/mol. The summed E-state index contributed by atoms with van der Waals surface area (Å²) < 4.78 is 15.4. The maximum atomic E-state index is 13.7. The van der Waals surface area contributed by atoms with Gasteiger partial charge < -0.3 is 5.11 Å². The smallest absolute Gasteiger partial charge is 0.301 e. The Labute approximate surface area is 203 Å². The monoisotopic (exact) mass is 490 g/mol. The van der Waals surface area contributed by atoms with Crippen LogP contribution >= 0.6 is 11.3 Å². The molecular weight excluding hydrogens is 471 g/mol. The summed E-state index contributed by atoms with van der Waals surface area (Å²) in [6.07, 6.45) is 1.69. The van der Waals surface area contributed by atoms with Crippen LogP contribution in [-0.2, 0) is 9.59 Å². The lowest BCUT2D eigenvalue weighted by Crippen LogP contribution is -2.29. The number of ketones is 2. The third-order valence-corrected chi connectivity index (χ3v) is 7.13. The molecule has 1 amide bonds. The number of imidazole rings is 1. The molecule has 4 aromatic rings. The Balaban J connectivity index is 1.78. The van der Waals surface area contributed by atoms with Crippen molar-refractivity contribution in [2.24, 2.45) is 0 Å². The Morgan fingerprint density at radius 1 is 1.06 bits per heavy atom. The molecule has 1 atom stereocenters. The molecule has 0 radical (unpaired) electrons. The summed E-state index contributed by atoms with van der Waals surface area (Å²) in [5.41, 5.74) is 1.94. The van der Waals surface area contributed by atoms with Crippen LogP contribution in [0.25, 0.3) is 11.4 Å². The highest BCUT2D eigenvalue weighted by Crippen LogP contribution is 2.44. The van der Waals surface area contributed by atoms with E-state index in [2.05, 4.69) is 9.97 Å². The van der Waals surface area contributed by atoms with E-state index in [1.165, 1.54) is 31.2 Å². The third kappa shape index (κ3) is 3.53. The molecule has 0 bridgehead atoms. The van der Waals surface area contributed by atoms with E-state index in [-0.39, 0.29) is 22.2 Å². The standard InChI is InChI=1S/C25H19FN4O4S/c1-12-19(29-11-5-4-6-17(29)27-12)21(32)18-20(15-7-9-16(26)10-8-15)30(24(34)22(18)33)25-28-13(2)23(35-25)14(3)31/h4-11,20,32H,1-3H3. The lowest BCUT2D eigenvalue weighted by molar-refractivity contribution is -0.132. The van der Waals surface area contributed by atoms with Crippen molar-refractivity contribution >= 4 is 45.3 Å². The molecule has 8 nitrogen and oxygen atoms in total. The number of aromatic nitrogens is 3. The van der Waals surface area contributed by atoms with Gasteiger partial charge in [-0.3, -0.25) is 23.7 Å². The fourth-order valence-electron chi connectivity index (χ4n) is 4.33. The summed E-state index contributed by atoms with van der Waals surface area (Å²) in [6.45, 7) is 4.72. The van der Waals surface area contributed by atoms with Crippen LogP contribution < -0.4 is 4.90 Å². The normalized spacial score (nSPS) is 17.5. The van der Waals surface area contributed by atoms with Crippen molar-refractivity contribution in [1.82, 2.24) is 14.4 Å². The number of anilines is 1. The number of amides is 1. The van der Waals surface area contributed by atoms with E-state index in [1.807, 2.05) is 0 Å². The number of thiazole rings is 1. The van der Waals surface area contributed by atoms with Gasteiger partial charge in [0.25, 0.3) is 5.78 Å². The Morgan fingerprint density at radius 3 is 2.43 bits per heavy atom. The minimum absolute atomic E-state index is 0.137. The molecule has 1 aromatic carbocycles. The summed E-state index contributed by atoms with van der Waals surface area (Å²) in [7, 11) is 0. The summed E-state index contributed by atoms with van der Waals surface area (Å²) in [5.74, 6) is -2.94. The number of carbonyl (C=O) groups is 3. The van der Waals surface area contributed by atoms with E-state index < -0.39 is 29.3 Å². The molecule has 0 saturated carbocycles. The second-order valence-electron chi connectivity index (χ2n) is 8.16. The molecule has 1 fully saturated rings. The fraction of sp³-hybridized carbons (Fsp3) is 0.160. The predicted octanol–water partition coefficient (Wildman–Crippen LogP) is 4.38.